The molecule has 0 atom stereocenters. The molecule has 0 aliphatic rings. The second kappa shape index (κ2) is 13.7. The predicted octanol–water partition coefficient (Wildman–Crippen LogP) is 6.85. The monoisotopic (exact) mass is 614 g/mol. The number of nitrogens with zero attached hydrogens (tertiary/aromatic N) is 4. The topological polar surface area (TPSA) is 117 Å². The van der Waals surface area contributed by atoms with E-state index in [4.69, 9.17) is 0 Å². The van der Waals surface area contributed by atoms with Crippen molar-refractivity contribution in [1.29, 1.82) is 0 Å². The molecular formula is C26H25FN4O4PdS. The van der Waals surface area contributed by atoms with E-state index in [-0.39, 0.29) is 21.7 Å². The van der Waals surface area contributed by atoms with Crippen LogP contribution in [0.2, 0.25) is 0 Å². The van der Waals surface area contributed by atoms with Crippen LogP contribution in [0.1, 0.15) is 26.3 Å². The summed E-state index contributed by atoms with van der Waals surface area (Å²) in [5.41, 5.74) is 2.00. The summed E-state index contributed by atoms with van der Waals surface area (Å²) in [6, 6.07) is 21.2. The van der Waals surface area contributed by atoms with E-state index < -0.39 is 14.9 Å². The quantitative estimate of drug-likeness (QED) is 0.138. The standard InChI is InChI=1S/C21H20N3O4S.C5H5N.FH.Pd/c1-21(2,3)15-7-12-18(19-6-4-5-13-22-19)20(14-15)23-29(27,28)17-10-8-16(9-11-17)24(25)26;1-2-4-6-5-3-1;;/h4-14H,1-3H3;1-5H;1H;/q-1;;;+2/p-1. The fourth-order valence-corrected chi connectivity index (χ4v) is 4.04. The Balaban J connectivity index is 0.000000519. The van der Waals surface area contributed by atoms with Gasteiger partial charge in [-0.1, -0.05) is 51.1 Å². The van der Waals surface area contributed by atoms with Gasteiger partial charge in [0, 0.05) is 30.7 Å². The van der Waals surface area contributed by atoms with E-state index in [1.807, 2.05) is 57.2 Å². The van der Waals surface area contributed by atoms with E-state index in [9.17, 15) is 21.8 Å². The van der Waals surface area contributed by atoms with E-state index in [0.717, 1.165) is 17.7 Å². The number of hydrogen-bond donors (Lipinski definition) is 0. The third-order valence-electron chi connectivity index (χ3n) is 4.94. The zero-order valence-corrected chi connectivity index (χ0v) is 22.6. The van der Waals surface area contributed by atoms with Crippen LogP contribution in [0.15, 0.2) is 102 Å². The maximum Gasteiger partial charge on any atom is 0.0267 e. The molecule has 196 valence electrons. The number of nitro benzene ring substituents is 1. The van der Waals surface area contributed by atoms with Gasteiger partial charge in [-0.25, -0.2) is 8.42 Å². The van der Waals surface area contributed by atoms with Crippen molar-refractivity contribution in [2.45, 2.75) is 31.1 Å². The molecule has 2 aromatic carbocycles. The average Bonchev–Trinajstić information content (AvgIpc) is 2.91. The molecule has 0 aliphatic heterocycles. The van der Waals surface area contributed by atoms with Crippen molar-refractivity contribution >= 4 is 21.4 Å². The van der Waals surface area contributed by atoms with Crippen molar-refractivity contribution in [2.24, 2.45) is 0 Å². The third kappa shape index (κ3) is 8.82. The van der Waals surface area contributed by atoms with Crippen LogP contribution in [-0.2, 0) is 35.2 Å². The van der Waals surface area contributed by atoms with Crippen molar-refractivity contribution in [3.05, 3.63) is 118 Å². The molecule has 0 saturated carbocycles. The first-order valence-corrected chi connectivity index (χ1v) is 12.9. The number of benzene rings is 2. The Labute approximate surface area is 227 Å². The maximum atomic E-state index is 12.9. The van der Waals surface area contributed by atoms with Gasteiger partial charge in [0.05, 0.1) is 15.5 Å². The van der Waals surface area contributed by atoms with Gasteiger partial charge in [0.25, 0.3) is 5.69 Å². The Morgan fingerprint density at radius 1 is 0.892 bits per heavy atom. The number of nitro groups is 1. The van der Waals surface area contributed by atoms with Gasteiger partial charge < -0.3 is 4.72 Å². The number of non-ortho nitro benzene ring substituents is 1. The van der Waals surface area contributed by atoms with Gasteiger partial charge in [-0.05, 0) is 52.9 Å². The van der Waals surface area contributed by atoms with Crippen molar-refractivity contribution < 1.29 is 36.3 Å². The Morgan fingerprint density at radius 3 is 1.97 bits per heavy atom. The minimum absolute atomic E-state index is 0.115. The largest absolute Gasteiger partial charge is 0.265 e. The number of sulfonamides is 1. The average molecular weight is 615 g/mol. The molecule has 2 aromatic heterocycles. The van der Waals surface area contributed by atoms with Gasteiger partial charge in [0.2, 0.25) is 0 Å². The summed E-state index contributed by atoms with van der Waals surface area (Å²) in [5, 5.41) is 10.8. The molecule has 37 heavy (non-hydrogen) atoms. The van der Waals surface area contributed by atoms with Crippen molar-refractivity contribution in [2.75, 3.05) is 0 Å². The van der Waals surface area contributed by atoms with Crippen LogP contribution in [0.4, 0.5) is 14.6 Å². The Bertz CT molecular complexity index is 1360. The summed E-state index contributed by atoms with van der Waals surface area (Å²) in [6.07, 6.45) is 5.13. The van der Waals surface area contributed by atoms with Crippen LogP contribution in [0.25, 0.3) is 16.0 Å². The molecule has 0 spiro atoms. The molecule has 4 aromatic rings. The second-order valence-electron chi connectivity index (χ2n) is 8.54. The smallest absolute Gasteiger partial charge is 0.0267 e. The Hall–Kier alpha value is -3.52. The number of halogens is 1. The molecule has 8 nitrogen and oxygen atoms in total. The molecule has 0 radical (unpaired) electrons. The van der Waals surface area contributed by atoms with Gasteiger partial charge in [-0.15, -0.1) is 5.69 Å². The first kappa shape index (κ1) is 29.7. The summed E-state index contributed by atoms with van der Waals surface area (Å²) in [5.74, 6) is 0. The van der Waals surface area contributed by atoms with Crippen molar-refractivity contribution in [1.82, 2.24) is 9.97 Å². The molecule has 2 heterocycles. The normalized spacial score (nSPS) is 10.8. The van der Waals surface area contributed by atoms with E-state index in [2.05, 4.69) is 14.7 Å². The van der Waals surface area contributed by atoms with Crippen molar-refractivity contribution in [3.8, 4) is 11.3 Å². The number of hydrogen-bond acceptors (Lipinski definition) is 6. The van der Waals surface area contributed by atoms with Gasteiger partial charge >= 0.3 is 22.9 Å². The summed E-state index contributed by atoms with van der Waals surface area (Å²) < 4.78 is 39.1. The molecular weight excluding hydrogens is 590 g/mol. The maximum absolute atomic E-state index is 12.9. The van der Waals surface area contributed by atoms with E-state index >= 15 is 0 Å². The molecule has 0 amide bonds. The minimum Gasteiger partial charge on any atom is -0.265 e. The Kier molecular flexibility index (Phi) is 11.0. The minimum atomic E-state index is -4.07. The zero-order chi connectivity index (χ0) is 27.5. The van der Waals surface area contributed by atoms with Crippen LogP contribution in [0.3, 0.4) is 0 Å². The summed E-state index contributed by atoms with van der Waals surface area (Å²) in [4.78, 5) is 18.2. The van der Waals surface area contributed by atoms with Crippen LogP contribution in [-0.4, -0.2) is 23.3 Å². The molecule has 0 unspecified atom stereocenters. The van der Waals surface area contributed by atoms with E-state index in [0.29, 0.717) is 11.3 Å². The summed E-state index contributed by atoms with van der Waals surface area (Å²) >= 11 is 1.25. The van der Waals surface area contributed by atoms with Crippen LogP contribution in [0.5, 0.6) is 0 Å². The first-order valence-electron chi connectivity index (χ1n) is 10.8. The molecule has 4 rings (SSSR count). The van der Waals surface area contributed by atoms with Crippen LogP contribution in [0, 0.1) is 10.1 Å². The molecule has 0 aliphatic carbocycles. The molecule has 0 N–H and O–H groups in total. The molecule has 0 saturated heterocycles. The Morgan fingerprint density at radius 2 is 1.51 bits per heavy atom. The zero-order valence-electron chi connectivity index (χ0n) is 20.3. The predicted molar refractivity (Wildman–Crippen MR) is 137 cm³/mol. The number of rotatable bonds is 5. The van der Waals surface area contributed by atoms with Gasteiger partial charge in [0.1, 0.15) is 10.0 Å². The fraction of sp³-hybridized carbons (Fsp3) is 0.154. The summed E-state index contributed by atoms with van der Waals surface area (Å²) in [7, 11) is -4.07. The van der Waals surface area contributed by atoms with Gasteiger partial charge in [-0.3, -0.25) is 20.1 Å². The summed E-state index contributed by atoms with van der Waals surface area (Å²) in [6.45, 7) is 6.08. The van der Waals surface area contributed by atoms with Crippen LogP contribution < -0.4 is 0 Å². The van der Waals surface area contributed by atoms with E-state index in [1.165, 1.54) is 31.8 Å². The first-order chi connectivity index (χ1) is 17.6. The van der Waals surface area contributed by atoms with Crippen molar-refractivity contribution in [3.63, 3.8) is 0 Å². The molecule has 0 fully saturated rings. The third-order valence-corrected chi connectivity index (χ3v) is 6.24. The molecule has 0 bridgehead atoms. The van der Waals surface area contributed by atoms with E-state index in [1.54, 1.807) is 36.8 Å². The van der Waals surface area contributed by atoms with Gasteiger partial charge in [0.15, 0.2) is 0 Å². The van der Waals surface area contributed by atoms with Crippen LogP contribution >= 0.6 is 0 Å². The van der Waals surface area contributed by atoms with Gasteiger partial charge in [-0.2, -0.15) is 0 Å². The second-order valence-corrected chi connectivity index (χ2v) is 10.1. The SMILES string of the molecule is CC(C)(C)c1ccc(-c2ccccn2)c([N-]S(=O)(=O)c2ccc([N+](=O)[O-])cc2)c1.[F][Pd+].c1ccncc1. The fourth-order valence-electron chi connectivity index (χ4n) is 3.05. The number of pyridine rings is 2. The molecule has 11 heteroatoms. The number of aromatic nitrogens is 2.